The van der Waals surface area contributed by atoms with Crippen molar-refractivity contribution in [1.82, 2.24) is 0 Å². The van der Waals surface area contributed by atoms with Crippen LogP contribution < -0.4 is 10.1 Å². The number of methoxy groups -OCH3 is 1. The van der Waals surface area contributed by atoms with Crippen LogP contribution in [-0.4, -0.2) is 12.6 Å². The number of nitrogens with one attached hydrogen (secondary N) is 1. The molecule has 0 saturated heterocycles. The molecule has 0 bridgehead atoms. The van der Waals surface area contributed by atoms with Gasteiger partial charge in [0.1, 0.15) is 5.75 Å². The molecule has 0 fully saturated rings. The molecule has 0 radical (unpaired) electrons. The Morgan fingerprint density at radius 3 is 2.64 bits per heavy atom. The third kappa shape index (κ3) is 3.48. The fourth-order valence-electron chi connectivity index (χ4n) is 3.58. The van der Waals surface area contributed by atoms with Crippen molar-refractivity contribution in [3.05, 3.63) is 66.8 Å². The van der Waals surface area contributed by atoms with Gasteiger partial charge >= 0.3 is 0 Å². The van der Waals surface area contributed by atoms with Crippen LogP contribution in [0.1, 0.15) is 32.8 Å². The van der Waals surface area contributed by atoms with Crippen molar-refractivity contribution in [2.45, 2.75) is 32.7 Å². The number of rotatable bonds is 5. The van der Waals surface area contributed by atoms with E-state index in [2.05, 4.69) is 69.1 Å². The van der Waals surface area contributed by atoms with Gasteiger partial charge in [0.15, 0.2) is 0 Å². The number of anilines is 1. The Labute approximate surface area is 151 Å². The van der Waals surface area contributed by atoms with Gasteiger partial charge in [-0.05, 0) is 55.5 Å². The van der Waals surface area contributed by atoms with E-state index in [4.69, 9.17) is 4.74 Å². The molecule has 1 aliphatic rings. The monoisotopic (exact) mass is 333 g/mol. The van der Waals surface area contributed by atoms with E-state index >= 15 is 0 Å². The van der Waals surface area contributed by atoms with Crippen LogP contribution >= 0.6 is 0 Å². The first-order valence-electron chi connectivity index (χ1n) is 8.85. The molecule has 0 saturated carbocycles. The topological polar surface area (TPSA) is 21.3 Å². The van der Waals surface area contributed by atoms with Gasteiger partial charge in [0.2, 0.25) is 0 Å². The Morgan fingerprint density at radius 1 is 1.16 bits per heavy atom. The maximum atomic E-state index is 5.55. The van der Waals surface area contributed by atoms with Crippen LogP contribution in [-0.2, 0) is 0 Å². The molecule has 1 atom stereocenters. The minimum Gasteiger partial charge on any atom is -0.496 e. The summed E-state index contributed by atoms with van der Waals surface area (Å²) in [4.78, 5) is 0. The molecule has 2 aromatic carbocycles. The summed E-state index contributed by atoms with van der Waals surface area (Å²) >= 11 is 0. The first-order chi connectivity index (χ1) is 11.9. The van der Waals surface area contributed by atoms with E-state index in [0.29, 0.717) is 5.92 Å². The smallest absolute Gasteiger partial charge is 0.126 e. The van der Waals surface area contributed by atoms with Crippen LogP contribution in [0.25, 0.3) is 16.7 Å². The molecular weight excluding hydrogens is 306 g/mol. The molecule has 2 heteroatoms. The largest absolute Gasteiger partial charge is 0.496 e. The second-order valence-corrected chi connectivity index (χ2v) is 7.33. The van der Waals surface area contributed by atoms with Gasteiger partial charge in [-0.2, -0.15) is 0 Å². The molecule has 25 heavy (non-hydrogen) atoms. The zero-order chi connectivity index (χ0) is 18.0. The molecule has 130 valence electrons. The van der Waals surface area contributed by atoms with E-state index in [-0.39, 0.29) is 5.54 Å². The second kappa shape index (κ2) is 6.79. The van der Waals surface area contributed by atoms with Crippen LogP contribution in [0.5, 0.6) is 5.75 Å². The van der Waals surface area contributed by atoms with Gasteiger partial charge < -0.3 is 10.1 Å². The summed E-state index contributed by atoms with van der Waals surface area (Å²) < 4.78 is 5.55. The highest BCUT2D eigenvalue weighted by atomic mass is 16.5. The van der Waals surface area contributed by atoms with Crippen LogP contribution in [0, 0.1) is 5.92 Å². The van der Waals surface area contributed by atoms with Crippen molar-refractivity contribution in [2.24, 2.45) is 5.92 Å². The van der Waals surface area contributed by atoms with Gasteiger partial charge in [-0.25, -0.2) is 0 Å². The quantitative estimate of drug-likeness (QED) is 0.661. The van der Waals surface area contributed by atoms with Gasteiger partial charge in [-0.1, -0.05) is 43.3 Å². The maximum Gasteiger partial charge on any atom is 0.126 e. The molecule has 2 aromatic rings. The van der Waals surface area contributed by atoms with Crippen molar-refractivity contribution in [1.29, 1.82) is 0 Å². The minimum absolute atomic E-state index is 0.0519. The van der Waals surface area contributed by atoms with Gasteiger partial charge in [-0.3, -0.25) is 0 Å². The fourth-order valence-corrected chi connectivity index (χ4v) is 3.58. The number of benzene rings is 2. The lowest BCUT2D eigenvalue weighted by atomic mass is 9.82. The number of fused-ring (bicyclic) bond motifs is 1. The van der Waals surface area contributed by atoms with E-state index in [9.17, 15) is 0 Å². The molecule has 0 aliphatic carbocycles. The third-order valence-corrected chi connectivity index (χ3v) is 4.77. The van der Waals surface area contributed by atoms with Gasteiger partial charge in [0.25, 0.3) is 0 Å². The van der Waals surface area contributed by atoms with Crippen molar-refractivity contribution in [3.63, 3.8) is 0 Å². The normalized spacial score (nSPS) is 16.2. The summed E-state index contributed by atoms with van der Waals surface area (Å²) in [5.74, 6) is 1.33. The maximum absolute atomic E-state index is 5.55. The Bertz CT molecular complexity index is 817. The van der Waals surface area contributed by atoms with Gasteiger partial charge in [0.05, 0.1) is 12.6 Å². The predicted octanol–water partition coefficient (Wildman–Crippen LogP) is 6.16. The van der Waals surface area contributed by atoms with E-state index in [1.54, 1.807) is 7.11 Å². The highest BCUT2D eigenvalue weighted by Crippen LogP contribution is 2.41. The van der Waals surface area contributed by atoms with E-state index in [1.807, 2.05) is 18.2 Å². The lowest BCUT2D eigenvalue weighted by Crippen LogP contribution is -2.32. The van der Waals surface area contributed by atoms with Crippen molar-refractivity contribution >= 4 is 11.3 Å². The lowest BCUT2D eigenvalue weighted by Gasteiger charge is -2.34. The van der Waals surface area contributed by atoms with E-state index < -0.39 is 0 Å². The number of hydrogen-bond donors (Lipinski definition) is 1. The van der Waals surface area contributed by atoms with Crippen LogP contribution in [0.4, 0.5) is 5.69 Å². The first-order valence-corrected chi connectivity index (χ1v) is 8.85. The molecule has 1 N–H and O–H groups in total. The molecule has 1 unspecified atom stereocenters. The SMILES string of the molecule is C=CCC(C)C1=CC(C)(C)Nc2ccc(-c3ccccc3OC)cc21. The minimum atomic E-state index is -0.0519. The molecule has 1 aliphatic heterocycles. The summed E-state index contributed by atoms with van der Waals surface area (Å²) in [5.41, 5.74) is 6.09. The third-order valence-electron chi connectivity index (χ3n) is 4.77. The van der Waals surface area contributed by atoms with E-state index in [0.717, 1.165) is 17.7 Å². The van der Waals surface area contributed by atoms with Crippen molar-refractivity contribution in [2.75, 3.05) is 12.4 Å². The van der Waals surface area contributed by atoms with Crippen LogP contribution in [0.15, 0.2) is 61.2 Å². The molecular formula is C23H27NO. The number of para-hydroxylation sites is 1. The Hall–Kier alpha value is -2.48. The van der Waals surface area contributed by atoms with Crippen molar-refractivity contribution in [3.8, 4) is 16.9 Å². The predicted molar refractivity (Wildman–Crippen MR) is 108 cm³/mol. The average Bonchev–Trinajstić information content (AvgIpc) is 2.60. The molecule has 0 spiro atoms. The summed E-state index contributed by atoms with van der Waals surface area (Å²) in [5, 5.41) is 3.64. The van der Waals surface area contributed by atoms with Gasteiger partial charge in [0, 0.05) is 16.8 Å². The lowest BCUT2D eigenvalue weighted by molar-refractivity contribution is 0.416. The Balaban J connectivity index is 2.12. The highest BCUT2D eigenvalue weighted by Gasteiger charge is 2.26. The van der Waals surface area contributed by atoms with Crippen LogP contribution in [0.2, 0.25) is 0 Å². The standard InChI is InChI=1S/C23H27NO/c1-6-9-16(2)20-15-23(3,4)24-21-13-12-17(14-19(20)21)18-10-7-8-11-22(18)25-5/h6-8,10-16,24H,1,9H2,2-5H3. The number of allylic oxidation sites excluding steroid dienone is 2. The second-order valence-electron chi connectivity index (χ2n) is 7.33. The average molecular weight is 333 g/mol. The fraction of sp³-hybridized carbons (Fsp3) is 0.304. The zero-order valence-corrected chi connectivity index (χ0v) is 15.6. The van der Waals surface area contributed by atoms with Crippen molar-refractivity contribution < 1.29 is 4.74 Å². The summed E-state index contributed by atoms with van der Waals surface area (Å²) in [6.07, 6.45) is 5.33. The summed E-state index contributed by atoms with van der Waals surface area (Å²) in [6.45, 7) is 10.6. The van der Waals surface area contributed by atoms with E-state index in [1.165, 1.54) is 22.4 Å². The Kier molecular flexibility index (Phi) is 4.71. The zero-order valence-electron chi connectivity index (χ0n) is 15.6. The van der Waals surface area contributed by atoms with Gasteiger partial charge in [-0.15, -0.1) is 6.58 Å². The van der Waals surface area contributed by atoms with Crippen LogP contribution in [0.3, 0.4) is 0 Å². The molecule has 1 heterocycles. The Morgan fingerprint density at radius 2 is 1.92 bits per heavy atom. The molecule has 3 rings (SSSR count). The summed E-state index contributed by atoms with van der Waals surface area (Å²) in [7, 11) is 1.72. The summed E-state index contributed by atoms with van der Waals surface area (Å²) in [6, 6.07) is 14.8. The first kappa shape index (κ1) is 17.3. The number of hydrogen-bond acceptors (Lipinski definition) is 2. The molecule has 0 amide bonds. The highest BCUT2D eigenvalue weighted by molar-refractivity contribution is 5.86. The number of ether oxygens (including phenoxy) is 1. The molecule has 0 aromatic heterocycles. The molecule has 2 nitrogen and oxygen atoms in total.